The third-order valence-corrected chi connectivity index (χ3v) is 3.74. The SMILES string of the molecule is Cc1cc(N)cc(F)c1N1CCC(CCO)CC1. The van der Waals surface area contributed by atoms with E-state index in [0.29, 0.717) is 17.3 Å². The molecule has 4 heteroatoms. The average Bonchev–Trinajstić information content (AvgIpc) is 2.30. The second-order valence-electron chi connectivity index (χ2n) is 5.11. The van der Waals surface area contributed by atoms with Crippen LogP contribution in [0.15, 0.2) is 12.1 Å². The molecule has 3 N–H and O–H groups in total. The summed E-state index contributed by atoms with van der Waals surface area (Å²) in [7, 11) is 0. The number of rotatable bonds is 3. The number of aliphatic hydroxyl groups excluding tert-OH is 1. The van der Waals surface area contributed by atoms with Crippen LogP contribution in [0.25, 0.3) is 0 Å². The third kappa shape index (κ3) is 2.75. The Bertz CT molecular complexity index is 391. The Balaban J connectivity index is 2.10. The van der Waals surface area contributed by atoms with E-state index in [2.05, 4.69) is 4.90 Å². The Labute approximate surface area is 107 Å². The minimum atomic E-state index is -0.229. The largest absolute Gasteiger partial charge is 0.399 e. The number of aryl methyl sites for hydroxylation is 1. The van der Waals surface area contributed by atoms with Crippen molar-refractivity contribution in [2.75, 3.05) is 30.3 Å². The smallest absolute Gasteiger partial charge is 0.148 e. The molecule has 1 aromatic carbocycles. The predicted molar refractivity (Wildman–Crippen MR) is 72.2 cm³/mol. The summed E-state index contributed by atoms with van der Waals surface area (Å²) in [5, 5.41) is 8.93. The number of halogens is 1. The summed E-state index contributed by atoms with van der Waals surface area (Å²) in [6, 6.07) is 3.21. The maximum atomic E-state index is 14.0. The average molecular weight is 252 g/mol. The van der Waals surface area contributed by atoms with E-state index >= 15 is 0 Å². The van der Waals surface area contributed by atoms with E-state index < -0.39 is 0 Å². The molecule has 0 aromatic heterocycles. The van der Waals surface area contributed by atoms with Crippen LogP contribution >= 0.6 is 0 Å². The summed E-state index contributed by atoms with van der Waals surface area (Å²) >= 11 is 0. The fourth-order valence-corrected chi connectivity index (χ4v) is 2.79. The molecular formula is C14H21FN2O. The Morgan fingerprint density at radius 1 is 1.39 bits per heavy atom. The highest BCUT2D eigenvalue weighted by Gasteiger charge is 2.22. The normalized spacial score (nSPS) is 17.2. The van der Waals surface area contributed by atoms with Gasteiger partial charge in [-0.2, -0.15) is 0 Å². The van der Waals surface area contributed by atoms with Crippen LogP contribution in [0.2, 0.25) is 0 Å². The van der Waals surface area contributed by atoms with Gasteiger partial charge in [-0.15, -0.1) is 0 Å². The van der Waals surface area contributed by atoms with Gasteiger partial charge in [0.25, 0.3) is 0 Å². The Morgan fingerprint density at radius 2 is 2.06 bits per heavy atom. The molecule has 0 atom stereocenters. The summed E-state index contributed by atoms with van der Waals surface area (Å²) in [6.45, 7) is 3.85. The van der Waals surface area contributed by atoms with Crippen LogP contribution in [0.4, 0.5) is 15.8 Å². The molecule has 0 radical (unpaired) electrons. The van der Waals surface area contributed by atoms with Crippen LogP contribution in [-0.2, 0) is 0 Å². The molecule has 0 bridgehead atoms. The monoisotopic (exact) mass is 252 g/mol. The number of anilines is 2. The van der Waals surface area contributed by atoms with Crippen LogP contribution in [-0.4, -0.2) is 24.8 Å². The lowest BCUT2D eigenvalue weighted by atomic mass is 9.93. The highest BCUT2D eigenvalue weighted by molar-refractivity contribution is 5.60. The molecule has 3 nitrogen and oxygen atoms in total. The predicted octanol–water partition coefficient (Wildman–Crippen LogP) is 2.32. The summed E-state index contributed by atoms with van der Waals surface area (Å²) < 4.78 is 14.0. The van der Waals surface area contributed by atoms with Gasteiger partial charge in [0.1, 0.15) is 5.82 Å². The molecule has 1 heterocycles. The van der Waals surface area contributed by atoms with Crippen LogP contribution in [0.1, 0.15) is 24.8 Å². The molecule has 0 spiro atoms. The van der Waals surface area contributed by atoms with E-state index in [1.165, 1.54) is 6.07 Å². The third-order valence-electron chi connectivity index (χ3n) is 3.74. The second kappa shape index (κ2) is 5.57. The number of nitrogen functional groups attached to an aromatic ring is 1. The van der Waals surface area contributed by atoms with Crippen LogP contribution in [0.5, 0.6) is 0 Å². The Hall–Kier alpha value is -1.29. The Morgan fingerprint density at radius 3 is 2.61 bits per heavy atom. The van der Waals surface area contributed by atoms with Gasteiger partial charge in [-0.05, 0) is 49.8 Å². The van der Waals surface area contributed by atoms with Crippen molar-refractivity contribution < 1.29 is 9.50 Å². The summed E-state index contributed by atoms with van der Waals surface area (Å²) in [6.07, 6.45) is 2.89. The van der Waals surface area contributed by atoms with Crippen LogP contribution in [0, 0.1) is 18.7 Å². The lowest BCUT2D eigenvalue weighted by Gasteiger charge is -2.34. The van der Waals surface area contributed by atoms with E-state index in [9.17, 15) is 4.39 Å². The maximum Gasteiger partial charge on any atom is 0.148 e. The maximum absolute atomic E-state index is 14.0. The van der Waals surface area contributed by atoms with E-state index in [1.807, 2.05) is 13.0 Å². The zero-order valence-corrected chi connectivity index (χ0v) is 10.8. The molecule has 0 amide bonds. The van der Waals surface area contributed by atoms with Crippen molar-refractivity contribution in [3.05, 3.63) is 23.5 Å². The molecule has 1 fully saturated rings. The molecule has 1 aromatic rings. The van der Waals surface area contributed by atoms with Crippen molar-refractivity contribution in [2.24, 2.45) is 5.92 Å². The van der Waals surface area contributed by atoms with Gasteiger partial charge in [-0.1, -0.05) is 0 Å². The number of piperidine rings is 1. The molecule has 100 valence electrons. The summed E-state index contributed by atoms with van der Waals surface area (Å²) in [4.78, 5) is 2.10. The van der Waals surface area contributed by atoms with Gasteiger partial charge < -0.3 is 15.7 Å². The number of hydrogen-bond donors (Lipinski definition) is 2. The van der Waals surface area contributed by atoms with Crippen molar-refractivity contribution in [2.45, 2.75) is 26.2 Å². The lowest BCUT2D eigenvalue weighted by Crippen LogP contribution is -2.35. The topological polar surface area (TPSA) is 49.5 Å². The first-order valence-electron chi connectivity index (χ1n) is 6.53. The van der Waals surface area contributed by atoms with Gasteiger partial charge in [0.05, 0.1) is 5.69 Å². The first-order valence-corrected chi connectivity index (χ1v) is 6.53. The highest BCUT2D eigenvalue weighted by atomic mass is 19.1. The number of benzene rings is 1. The van der Waals surface area contributed by atoms with Crippen molar-refractivity contribution in [1.29, 1.82) is 0 Å². The highest BCUT2D eigenvalue weighted by Crippen LogP contribution is 2.31. The standard InChI is InChI=1S/C14H21FN2O/c1-10-8-12(16)9-13(15)14(10)17-5-2-11(3-6-17)4-7-18/h8-9,11,18H,2-7,16H2,1H3. The number of nitrogens with zero attached hydrogens (tertiary/aromatic N) is 1. The molecule has 18 heavy (non-hydrogen) atoms. The quantitative estimate of drug-likeness (QED) is 0.812. The van der Waals surface area contributed by atoms with Crippen molar-refractivity contribution in [3.63, 3.8) is 0 Å². The molecular weight excluding hydrogens is 231 g/mol. The zero-order chi connectivity index (χ0) is 13.1. The number of aliphatic hydroxyl groups is 1. The minimum absolute atomic E-state index is 0.229. The molecule has 0 saturated carbocycles. The van der Waals surface area contributed by atoms with Crippen LogP contribution in [0.3, 0.4) is 0 Å². The number of hydrogen-bond acceptors (Lipinski definition) is 3. The van der Waals surface area contributed by atoms with Gasteiger partial charge in [0, 0.05) is 25.4 Å². The molecule has 1 saturated heterocycles. The number of nitrogens with two attached hydrogens (primary N) is 1. The van der Waals surface area contributed by atoms with E-state index in [-0.39, 0.29) is 12.4 Å². The molecule has 0 unspecified atom stereocenters. The summed E-state index contributed by atoms with van der Waals surface area (Å²) in [5.41, 5.74) is 7.69. The van der Waals surface area contributed by atoms with Gasteiger partial charge in [-0.3, -0.25) is 0 Å². The minimum Gasteiger partial charge on any atom is -0.399 e. The van der Waals surface area contributed by atoms with Crippen molar-refractivity contribution in [1.82, 2.24) is 0 Å². The van der Waals surface area contributed by atoms with Gasteiger partial charge in [0.15, 0.2) is 0 Å². The van der Waals surface area contributed by atoms with E-state index in [4.69, 9.17) is 10.8 Å². The molecule has 1 aliphatic rings. The first-order chi connectivity index (χ1) is 8.61. The first kappa shape index (κ1) is 13.1. The zero-order valence-electron chi connectivity index (χ0n) is 10.8. The Kier molecular flexibility index (Phi) is 4.07. The van der Waals surface area contributed by atoms with E-state index in [0.717, 1.165) is 37.9 Å². The van der Waals surface area contributed by atoms with Gasteiger partial charge in [0.2, 0.25) is 0 Å². The van der Waals surface area contributed by atoms with Gasteiger partial charge in [-0.25, -0.2) is 4.39 Å². The molecule has 0 aliphatic carbocycles. The van der Waals surface area contributed by atoms with Gasteiger partial charge >= 0.3 is 0 Å². The van der Waals surface area contributed by atoms with Crippen LogP contribution < -0.4 is 10.6 Å². The molecule has 1 aliphatic heterocycles. The summed E-state index contributed by atoms with van der Waals surface area (Å²) in [5.74, 6) is 0.344. The fraction of sp³-hybridized carbons (Fsp3) is 0.571. The van der Waals surface area contributed by atoms with Crippen molar-refractivity contribution in [3.8, 4) is 0 Å². The fourth-order valence-electron chi connectivity index (χ4n) is 2.79. The molecule has 2 rings (SSSR count). The van der Waals surface area contributed by atoms with E-state index in [1.54, 1.807) is 0 Å². The van der Waals surface area contributed by atoms with Crippen molar-refractivity contribution >= 4 is 11.4 Å². The lowest BCUT2D eigenvalue weighted by molar-refractivity contribution is 0.240. The second-order valence-corrected chi connectivity index (χ2v) is 5.11.